The molecule has 0 aromatic heterocycles. The number of nitrogens with one attached hydrogen (secondary N) is 1. The largest absolute Gasteiger partial charge is 0.497 e. The number of hydrogen-bond acceptors (Lipinski definition) is 5. The number of carbonyl (C=O) groups is 1. The molecule has 2 aromatic rings. The standard InChI is InChI=1S/C20H24N2O5S/c1-26-16-9-5-7-15(13-16)8-6-12-21-20(23)19-14-22(28(2,24)25)17-10-3-4-11-18(17)27-19/h3-5,7,9-11,13,19H,6,8,12,14H2,1-2H3,(H,21,23)/t19-/m0/s1. The number of sulfonamides is 1. The van der Waals surface area contributed by atoms with Crippen molar-refractivity contribution in [1.82, 2.24) is 5.32 Å². The number of hydrogen-bond donors (Lipinski definition) is 1. The molecule has 1 aliphatic rings. The fraction of sp³-hybridized carbons (Fsp3) is 0.350. The molecule has 0 fully saturated rings. The summed E-state index contributed by atoms with van der Waals surface area (Å²) < 4.78 is 36.4. The Morgan fingerprint density at radius 2 is 2.04 bits per heavy atom. The Bertz CT molecular complexity index is 945. The monoisotopic (exact) mass is 404 g/mol. The van der Waals surface area contributed by atoms with Crippen molar-refractivity contribution >= 4 is 21.6 Å². The van der Waals surface area contributed by atoms with E-state index in [1.807, 2.05) is 24.3 Å². The first kappa shape index (κ1) is 20.0. The maximum atomic E-state index is 12.5. The minimum Gasteiger partial charge on any atom is -0.497 e. The van der Waals surface area contributed by atoms with Gasteiger partial charge in [0.15, 0.2) is 6.10 Å². The second kappa shape index (κ2) is 8.52. The molecule has 1 atom stereocenters. The zero-order chi connectivity index (χ0) is 20.1. The van der Waals surface area contributed by atoms with Gasteiger partial charge in [0.2, 0.25) is 10.0 Å². The van der Waals surface area contributed by atoms with E-state index in [1.165, 1.54) is 4.31 Å². The van der Waals surface area contributed by atoms with Gasteiger partial charge in [0, 0.05) is 6.54 Å². The van der Waals surface area contributed by atoms with Crippen molar-refractivity contribution in [2.75, 3.05) is 30.8 Å². The average Bonchev–Trinajstić information content (AvgIpc) is 2.69. The van der Waals surface area contributed by atoms with Crippen LogP contribution in [0.5, 0.6) is 11.5 Å². The maximum Gasteiger partial charge on any atom is 0.263 e. The molecule has 1 aliphatic heterocycles. The molecule has 0 saturated heterocycles. The van der Waals surface area contributed by atoms with Gasteiger partial charge in [-0.15, -0.1) is 0 Å². The number of aryl methyl sites for hydroxylation is 1. The quantitative estimate of drug-likeness (QED) is 0.713. The Kier molecular flexibility index (Phi) is 6.08. The molecular weight excluding hydrogens is 380 g/mol. The van der Waals surface area contributed by atoms with Crippen LogP contribution < -0.4 is 19.1 Å². The molecule has 8 heteroatoms. The fourth-order valence-corrected chi connectivity index (χ4v) is 4.01. The maximum absolute atomic E-state index is 12.5. The number of anilines is 1. The van der Waals surface area contributed by atoms with Crippen LogP contribution in [0, 0.1) is 0 Å². The summed E-state index contributed by atoms with van der Waals surface area (Å²) in [7, 11) is -1.89. The van der Waals surface area contributed by atoms with Gasteiger partial charge in [-0.05, 0) is 42.7 Å². The van der Waals surface area contributed by atoms with Gasteiger partial charge in [0.1, 0.15) is 11.5 Å². The third-order valence-corrected chi connectivity index (χ3v) is 5.65. The van der Waals surface area contributed by atoms with Gasteiger partial charge in [-0.1, -0.05) is 24.3 Å². The van der Waals surface area contributed by atoms with Crippen molar-refractivity contribution < 1.29 is 22.7 Å². The summed E-state index contributed by atoms with van der Waals surface area (Å²) in [4.78, 5) is 12.5. The zero-order valence-electron chi connectivity index (χ0n) is 15.9. The summed E-state index contributed by atoms with van der Waals surface area (Å²) in [6.45, 7) is 0.425. The number of benzene rings is 2. The lowest BCUT2D eigenvalue weighted by Crippen LogP contribution is -2.50. The van der Waals surface area contributed by atoms with Gasteiger partial charge in [-0.3, -0.25) is 9.10 Å². The van der Waals surface area contributed by atoms with Crippen molar-refractivity contribution in [3.05, 3.63) is 54.1 Å². The highest BCUT2D eigenvalue weighted by molar-refractivity contribution is 7.92. The number of nitrogens with zero attached hydrogens (tertiary/aromatic N) is 1. The van der Waals surface area contributed by atoms with Crippen LogP contribution in [-0.2, 0) is 21.2 Å². The van der Waals surface area contributed by atoms with Gasteiger partial charge in [-0.25, -0.2) is 8.42 Å². The average molecular weight is 404 g/mol. The third kappa shape index (κ3) is 4.75. The van der Waals surface area contributed by atoms with E-state index in [4.69, 9.17) is 9.47 Å². The normalized spacial score (nSPS) is 16.1. The van der Waals surface area contributed by atoms with Crippen LogP contribution in [0.2, 0.25) is 0 Å². The summed E-state index contributed by atoms with van der Waals surface area (Å²) in [6, 6.07) is 14.6. The smallest absolute Gasteiger partial charge is 0.263 e. The molecule has 0 saturated carbocycles. The van der Waals surface area contributed by atoms with E-state index in [1.54, 1.807) is 31.4 Å². The summed E-state index contributed by atoms with van der Waals surface area (Å²) in [5.41, 5.74) is 1.58. The first-order valence-electron chi connectivity index (χ1n) is 9.02. The number of para-hydroxylation sites is 2. The molecule has 1 amide bonds. The van der Waals surface area contributed by atoms with Crippen molar-refractivity contribution in [1.29, 1.82) is 0 Å². The SMILES string of the molecule is COc1cccc(CCCNC(=O)[C@@H]2CN(S(C)(=O)=O)c3ccccc3O2)c1. The number of ether oxygens (including phenoxy) is 2. The number of methoxy groups -OCH3 is 1. The van der Waals surface area contributed by atoms with Crippen LogP contribution in [0.3, 0.4) is 0 Å². The number of amides is 1. The Balaban J connectivity index is 1.57. The molecule has 0 unspecified atom stereocenters. The van der Waals surface area contributed by atoms with Crippen LogP contribution >= 0.6 is 0 Å². The third-order valence-electron chi connectivity index (χ3n) is 4.50. The second-order valence-corrected chi connectivity index (χ2v) is 8.52. The van der Waals surface area contributed by atoms with E-state index in [9.17, 15) is 13.2 Å². The number of carbonyl (C=O) groups excluding carboxylic acids is 1. The van der Waals surface area contributed by atoms with E-state index >= 15 is 0 Å². The topological polar surface area (TPSA) is 84.9 Å². The molecule has 0 spiro atoms. The van der Waals surface area contributed by atoms with Crippen LogP contribution in [0.25, 0.3) is 0 Å². The van der Waals surface area contributed by atoms with E-state index < -0.39 is 16.1 Å². The van der Waals surface area contributed by atoms with E-state index in [0.29, 0.717) is 18.0 Å². The second-order valence-electron chi connectivity index (χ2n) is 6.61. The van der Waals surface area contributed by atoms with Crippen LogP contribution in [0.4, 0.5) is 5.69 Å². The highest BCUT2D eigenvalue weighted by atomic mass is 32.2. The van der Waals surface area contributed by atoms with Crippen molar-refractivity contribution in [3.8, 4) is 11.5 Å². The van der Waals surface area contributed by atoms with Gasteiger partial charge in [-0.2, -0.15) is 0 Å². The first-order chi connectivity index (χ1) is 13.4. The minimum absolute atomic E-state index is 0.0441. The molecule has 150 valence electrons. The molecule has 0 aliphatic carbocycles. The lowest BCUT2D eigenvalue weighted by molar-refractivity contribution is -0.127. The Labute approximate surface area is 165 Å². The summed E-state index contributed by atoms with van der Waals surface area (Å²) >= 11 is 0. The van der Waals surface area contributed by atoms with Gasteiger partial charge >= 0.3 is 0 Å². The minimum atomic E-state index is -3.51. The lowest BCUT2D eigenvalue weighted by atomic mass is 10.1. The highest BCUT2D eigenvalue weighted by Gasteiger charge is 2.34. The zero-order valence-corrected chi connectivity index (χ0v) is 16.7. The molecule has 7 nitrogen and oxygen atoms in total. The first-order valence-corrected chi connectivity index (χ1v) is 10.9. The molecule has 28 heavy (non-hydrogen) atoms. The van der Waals surface area contributed by atoms with Gasteiger partial charge in [0.25, 0.3) is 5.91 Å². The Morgan fingerprint density at radius 1 is 1.25 bits per heavy atom. The van der Waals surface area contributed by atoms with Crippen LogP contribution in [-0.4, -0.2) is 46.9 Å². The molecule has 0 radical (unpaired) electrons. The Morgan fingerprint density at radius 3 is 2.79 bits per heavy atom. The predicted octanol–water partition coefficient (Wildman–Crippen LogP) is 1.97. The van der Waals surface area contributed by atoms with E-state index in [2.05, 4.69) is 5.32 Å². The van der Waals surface area contributed by atoms with Gasteiger partial charge in [0.05, 0.1) is 25.6 Å². The van der Waals surface area contributed by atoms with Crippen LogP contribution in [0.15, 0.2) is 48.5 Å². The number of rotatable bonds is 7. The fourth-order valence-electron chi connectivity index (χ4n) is 3.10. The Hall–Kier alpha value is -2.74. The predicted molar refractivity (Wildman–Crippen MR) is 107 cm³/mol. The molecular formula is C20H24N2O5S. The summed E-state index contributed by atoms with van der Waals surface area (Å²) in [5.74, 6) is 0.862. The number of fused-ring (bicyclic) bond motifs is 1. The summed E-state index contributed by atoms with van der Waals surface area (Å²) in [5, 5.41) is 2.84. The summed E-state index contributed by atoms with van der Waals surface area (Å²) in [6.07, 6.45) is 1.78. The molecule has 0 bridgehead atoms. The van der Waals surface area contributed by atoms with Gasteiger partial charge < -0.3 is 14.8 Å². The van der Waals surface area contributed by atoms with Crippen molar-refractivity contribution in [2.45, 2.75) is 18.9 Å². The van der Waals surface area contributed by atoms with Crippen molar-refractivity contribution in [2.24, 2.45) is 0 Å². The molecule has 2 aromatic carbocycles. The molecule has 1 N–H and O–H groups in total. The van der Waals surface area contributed by atoms with Crippen LogP contribution in [0.1, 0.15) is 12.0 Å². The van der Waals surface area contributed by atoms with E-state index in [0.717, 1.165) is 30.4 Å². The van der Waals surface area contributed by atoms with Crippen molar-refractivity contribution in [3.63, 3.8) is 0 Å². The highest BCUT2D eigenvalue weighted by Crippen LogP contribution is 2.34. The van der Waals surface area contributed by atoms with E-state index in [-0.39, 0.29) is 12.5 Å². The molecule has 3 rings (SSSR count). The molecule has 1 heterocycles. The lowest BCUT2D eigenvalue weighted by Gasteiger charge is -2.33.